The van der Waals surface area contributed by atoms with Gasteiger partial charge in [-0.25, -0.2) is 27.1 Å². The summed E-state index contributed by atoms with van der Waals surface area (Å²) in [7, 11) is -3.99. The second-order valence-corrected chi connectivity index (χ2v) is 11.9. The van der Waals surface area contributed by atoms with Crippen LogP contribution in [0.25, 0.3) is 0 Å². The molecule has 1 aromatic heterocycles. The van der Waals surface area contributed by atoms with E-state index >= 15 is 8.78 Å². The lowest BCUT2D eigenvalue weighted by atomic mass is 9.57. The summed E-state index contributed by atoms with van der Waals surface area (Å²) in [5, 5.41) is 14.2. The van der Waals surface area contributed by atoms with Crippen LogP contribution in [0.15, 0.2) is 51.7 Å². The van der Waals surface area contributed by atoms with Crippen LogP contribution in [0.5, 0.6) is 0 Å². The van der Waals surface area contributed by atoms with Crippen molar-refractivity contribution in [1.29, 1.82) is 5.26 Å². The maximum absolute atomic E-state index is 15.6. The van der Waals surface area contributed by atoms with E-state index in [0.717, 1.165) is 16.4 Å². The lowest BCUT2D eigenvalue weighted by Crippen LogP contribution is -2.46. The van der Waals surface area contributed by atoms with Gasteiger partial charge in [-0.2, -0.15) is 9.57 Å². The summed E-state index contributed by atoms with van der Waals surface area (Å²) >= 11 is 0. The Kier molecular flexibility index (Phi) is 6.68. The molecule has 0 spiro atoms. The number of aromatic nitrogens is 2. The SMILES string of the molecule is C#C[C@H]1CC[C@H](c2ccccc2)S(=O)(=O)N1Cc1cc(F)c(C2(c3n[nH]c(=O)o3)CC(CC#N)C2)cc1F. The van der Waals surface area contributed by atoms with Gasteiger partial charge in [-0.15, -0.1) is 11.5 Å². The van der Waals surface area contributed by atoms with Crippen molar-refractivity contribution < 1.29 is 21.6 Å². The summed E-state index contributed by atoms with van der Waals surface area (Å²) < 4.78 is 64.5. The number of nitrogens with zero attached hydrogens (tertiary/aromatic N) is 3. The van der Waals surface area contributed by atoms with Gasteiger partial charge in [-0.1, -0.05) is 36.3 Å². The summed E-state index contributed by atoms with van der Waals surface area (Å²) in [5.41, 5.74) is -0.855. The predicted octanol–water partition coefficient (Wildman–Crippen LogP) is 3.92. The monoisotopic (exact) mass is 538 g/mol. The Balaban J connectivity index is 1.50. The summed E-state index contributed by atoms with van der Waals surface area (Å²) in [5.74, 6) is -0.156. The average molecular weight is 539 g/mol. The van der Waals surface area contributed by atoms with Crippen LogP contribution in [0.1, 0.15) is 59.9 Å². The van der Waals surface area contributed by atoms with E-state index in [2.05, 4.69) is 22.2 Å². The van der Waals surface area contributed by atoms with Gasteiger partial charge in [0.1, 0.15) is 16.9 Å². The minimum Gasteiger partial charge on any atom is -0.392 e. The van der Waals surface area contributed by atoms with Gasteiger partial charge in [-0.3, -0.25) is 0 Å². The number of sulfonamides is 1. The van der Waals surface area contributed by atoms with Crippen molar-refractivity contribution in [2.45, 2.75) is 55.4 Å². The fourth-order valence-electron chi connectivity index (χ4n) is 5.70. The molecule has 2 atom stereocenters. The number of H-pyrrole nitrogens is 1. The summed E-state index contributed by atoms with van der Waals surface area (Å²) in [6, 6.07) is 11.9. The Morgan fingerprint density at radius 3 is 2.55 bits per heavy atom. The van der Waals surface area contributed by atoms with Gasteiger partial charge >= 0.3 is 5.76 Å². The molecular formula is C27H24F2N4O4S. The van der Waals surface area contributed by atoms with Crippen LogP contribution >= 0.6 is 0 Å². The molecule has 1 N–H and O–H groups in total. The summed E-state index contributed by atoms with van der Waals surface area (Å²) in [6.45, 7) is -0.439. The molecule has 1 aliphatic carbocycles. The van der Waals surface area contributed by atoms with Gasteiger partial charge in [-0.05, 0) is 49.3 Å². The second kappa shape index (κ2) is 9.82. The molecule has 0 radical (unpaired) electrons. The molecule has 8 nitrogen and oxygen atoms in total. The highest BCUT2D eigenvalue weighted by molar-refractivity contribution is 7.89. The maximum atomic E-state index is 15.6. The number of aromatic amines is 1. The van der Waals surface area contributed by atoms with Crippen LogP contribution in [0.3, 0.4) is 0 Å². The molecule has 0 bridgehead atoms. The third-order valence-electron chi connectivity index (χ3n) is 7.58. The lowest BCUT2D eigenvalue weighted by Gasteiger charge is -2.45. The predicted molar refractivity (Wildman–Crippen MR) is 133 cm³/mol. The van der Waals surface area contributed by atoms with E-state index in [1.54, 1.807) is 30.3 Å². The van der Waals surface area contributed by atoms with E-state index in [1.807, 2.05) is 0 Å². The van der Waals surface area contributed by atoms with Gasteiger partial charge in [0.2, 0.25) is 15.9 Å². The number of benzene rings is 2. The van der Waals surface area contributed by atoms with Gasteiger partial charge in [0.25, 0.3) is 0 Å². The van der Waals surface area contributed by atoms with E-state index in [0.29, 0.717) is 18.4 Å². The molecule has 2 aliphatic rings. The molecule has 0 amide bonds. The quantitative estimate of drug-likeness (QED) is 0.475. The van der Waals surface area contributed by atoms with Crippen molar-refractivity contribution in [3.63, 3.8) is 0 Å². The summed E-state index contributed by atoms with van der Waals surface area (Å²) in [4.78, 5) is 11.6. The third-order valence-corrected chi connectivity index (χ3v) is 9.84. The molecule has 2 heterocycles. The van der Waals surface area contributed by atoms with Crippen LogP contribution < -0.4 is 5.76 Å². The van der Waals surface area contributed by atoms with Crippen molar-refractivity contribution >= 4 is 10.0 Å². The Morgan fingerprint density at radius 2 is 1.92 bits per heavy atom. The number of nitrogens with one attached hydrogen (secondary N) is 1. The molecule has 11 heteroatoms. The fraction of sp³-hybridized carbons (Fsp3) is 0.370. The smallest absolute Gasteiger partial charge is 0.392 e. The van der Waals surface area contributed by atoms with Gasteiger partial charge in [0, 0.05) is 24.1 Å². The fourth-order valence-corrected chi connectivity index (χ4v) is 7.81. The van der Waals surface area contributed by atoms with Crippen molar-refractivity contribution in [2.24, 2.45) is 5.92 Å². The molecule has 1 aliphatic heterocycles. The molecule has 2 aromatic carbocycles. The van der Waals surface area contributed by atoms with Crippen LogP contribution in [0.2, 0.25) is 0 Å². The number of hydrogen-bond donors (Lipinski definition) is 1. The minimum absolute atomic E-state index is 0.0691. The van der Waals surface area contributed by atoms with Crippen LogP contribution in [-0.2, 0) is 22.0 Å². The first-order valence-electron chi connectivity index (χ1n) is 12.1. The lowest BCUT2D eigenvalue weighted by molar-refractivity contribution is 0.144. The first-order chi connectivity index (χ1) is 18.2. The molecule has 38 heavy (non-hydrogen) atoms. The molecule has 1 saturated heterocycles. The first kappa shape index (κ1) is 25.8. The van der Waals surface area contributed by atoms with E-state index in [4.69, 9.17) is 16.1 Å². The summed E-state index contributed by atoms with van der Waals surface area (Å²) in [6.07, 6.45) is 7.01. The number of hydrogen-bond acceptors (Lipinski definition) is 6. The minimum atomic E-state index is -3.99. The molecule has 5 rings (SSSR count). The van der Waals surface area contributed by atoms with Crippen LogP contribution in [-0.4, -0.2) is 29.0 Å². The highest BCUT2D eigenvalue weighted by Crippen LogP contribution is 2.53. The van der Waals surface area contributed by atoms with Crippen molar-refractivity contribution in [3.8, 4) is 18.4 Å². The highest BCUT2D eigenvalue weighted by Gasteiger charge is 2.52. The Bertz CT molecular complexity index is 1600. The molecule has 3 aromatic rings. The van der Waals surface area contributed by atoms with Gasteiger partial charge < -0.3 is 4.42 Å². The Labute approximate surface area is 218 Å². The number of halogens is 2. The zero-order chi connectivity index (χ0) is 27.1. The largest absolute Gasteiger partial charge is 0.434 e. The highest BCUT2D eigenvalue weighted by atomic mass is 32.2. The van der Waals surface area contributed by atoms with E-state index in [1.165, 1.54) is 0 Å². The molecule has 2 fully saturated rings. The van der Waals surface area contributed by atoms with Gasteiger partial charge in [0.05, 0.1) is 17.5 Å². The first-order valence-corrected chi connectivity index (χ1v) is 13.6. The standard InChI is InChI=1S/C27H24F2N4O4S/c1-2-20-8-9-24(18-6-4-3-5-7-18)38(35,36)33(20)16-19-12-23(29)21(13-22(19)28)27(14-17(15-27)10-11-30)25-31-32-26(34)37-25/h1,3-7,12-13,17,20,24H,8-10,14-16H2,(H,32,34)/t17?,20-,24+,27?/m0/s1. The van der Waals surface area contributed by atoms with E-state index in [9.17, 15) is 13.2 Å². The second-order valence-electron chi connectivity index (χ2n) is 9.81. The van der Waals surface area contributed by atoms with Crippen LogP contribution in [0.4, 0.5) is 8.78 Å². The molecule has 1 saturated carbocycles. The number of terminal acetylenes is 1. The van der Waals surface area contributed by atoms with Crippen LogP contribution in [0, 0.1) is 41.2 Å². The van der Waals surface area contributed by atoms with Crippen molar-refractivity contribution in [1.82, 2.24) is 14.5 Å². The van der Waals surface area contributed by atoms with Crippen molar-refractivity contribution in [3.05, 3.63) is 87.2 Å². The number of rotatable bonds is 6. The Hall–Kier alpha value is -3.80. The molecular weight excluding hydrogens is 514 g/mol. The van der Waals surface area contributed by atoms with Gasteiger partial charge in [0.15, 0.2) is 0 Å². The van der Waals surface area contributed by atoms with E-state index < -0.39 is 50.7 Å². The Morgan fingerprint density at radius 1 is 1.18 bits per heavy atom. The number of nitriles is 1. The molecule has 0 unspecified atom stereocenters. The maximum Gasteiger partial charge on any atom is 0.434 e. The zero-order valence-electron chi connectivity index (χ0n) is 20.2. The normalized spacial score (nSPS) is 26.7. The topological polar surface area (TPSA) is 120 Å². The third kappa shape index (κ3) is 4.32. The zero-order valence-corrected chi connectivity index (χ0v) is 21.0. The van der Waals surface area contributed by atoms with E-state index in [-0.39, 0.29) is 42.2 Å². The van der Waals surface area contributed by atoms with Crippen molar-refractivity contribution in [2.75, 3.05) is 0 Å². The molecule has 196 valence electrons. The average Bonchev–Trinajstić information content (AvgIpc) is 3.31.